The van der Waals surface area contributed by atoms with Crippen LogP contribution in [-0.2, 0) is 6.42 Å². The van der Waals surface area contributed by atoms with Crippen molar-refractivity contribution in [2.45, 2.75) is 44.6 Å². The molecule has 1 fully saturated rings. The van der Waals surface area contributed by atoms with Crippen LogP contribution in [0.25, 0.3) is 0 Å². The minimum atomic E-state index is -0.158. The van der Waals surface area contributed by atoms with Crippen molar-refractivity contribution in [2.24, 2.45) is 11.7 Å². The molecule has 0 bridgehead atoms. The maximum Gasteiger partial charge on any atom is 0.123 e. The lowest BCUT2D eigenvalue weighted by atomic mass is 9.89. The highest BCUT2D eigenvalue weighted by molar-refractivity contribution is 5.17. The molecule has 1 nitrogen and oxygen atoms in total. The molecular formula is C14H20FN. The fourth-order valence-electron chi connectivity index (χ4n) is 2.59. The van der Waals surface area contributed by atoms with Crippen molar-refractivity contribution >= 4 is 0 Å². The third-order valence-electron chi connectivity index (χ3n) is 3.63. The fourth-order valence-corrected chi connectivity index (χ4v) is 2.59. The van der Waals surface area contributed by atoms with Crippen LogP contribution in [0.4, 0.5) is 4.39 Å². The standard InChI is InChI=1S/C14H20FN/c15-13-8-6-11(7-9-13)10-12-4-2-1-3-5-14(12)16/h6-9,12,14H,1-5,10,16H2. The second-order valence-corrected chi connectivity index (χ2v) is 4.89. The summed E-state index contributed by atoms with van der Waals surface area (Å²) in [5.74, 6) is 0.418. The van der Waals surface area contributed by atoms with Crippen LogP contribution in [-0.4, -0.2) is 6.04 Å². The average Bonchev–Trinajstić information content (AvgIpc) is 2.48. The Bertz CT molecular complexity index is 320. The van der Waals surface area contributed by atoms with E-state index >= 15 is 0 Å². The molecule has 2 heteroatoms. The first-order valence-electron chi connectivity index (χ1n) is 6.26. The lowest BCUT2D eigenvalue weighted by Crippen LogP contribution is -2.30. The summed E-state index contributed by atoms with van der Waals surface area (Å²) in [6.07, 6.45) is 7.24. The highest BCUT2D eigenvalue weighted by Crippen LogP contribution is 2.25. The van der Waals surface area contributed by atoms with Crippen molar-refractivity contribution in [3.63, 3.8) is 0 Å². The molecule has 0 heterocycles. The molecule has 16 heavy (non-hydrogen) atoms. The molecule has 1 aliphatic carbocycles. The molecule has 0 amide bonds. The Balaban J connectivity index is 1.99. The Morgan fingerprint density at radius 1 is 1.06 bits per heavy atom. The molecule has 2 N–H and O–H groups in total. The van der Waals surface area contributed by atoms with Crippen LogP contribution >= 0.6 is 0 Å². The Labute approximate surface area is 96.9 Å². The zero-order valence-corrected chi connectivity index (χ0v) is 9.66. The first-order chi connectivity index (χ1) is 7.75. The molecule has 1 saturated carbocycles. The predicted molar refractivity (Wildman–Crippen MR) is 64.7 cm³/mol. The summed E-state index contributed by atoms with van der Waals surface area (Å²) in [6, 6.07) is 7.17. The second-order valence-electron chi connectivity index (χ2n) is 4.89. The topological polar surface area (TPSA) is 26.0 Å². The molecule has 2 atom stereocenters. The van der Waals surface area contributed by atoms with Gasteiger partial charge in [-0.1, -0.05) is 31.4 Å². The van der Waals surface area contributed by atoms with Gasteiger partial charge >= 0.3 is 0 Å². The number of benzene rings is 1. The molecule has 2 unspecified atom stereocenters. The summed E-state index contributed by atoms with van der Waals surface area (Å²) >= 11 is 0. The Kier molecular flexibility index (Phi) is 3.94. The van der Waals surface area contributed by atoms with Gasteiger partial charge in [-0.2, -0.15) is 0 Å². The first-order valence-corrected chi connectivity index (χ1v) is 6.26. The lowest BCUT2D eigenvalue weighted by molar-refractivity contribution is 0.395. The summed E-state index contributed by atoms with van der Waals surface area (Å²) < 4.78 is 12.8. The molecular weight excluding hydrogens is 201 g/mol. The van der Waals surface area contributed by atoms with Gasteiger partial charge < -0.3 is 5.73 Å². The number of hydrogen-bond donors (Lipinski definition) is 1. The van der Waals surface area contributed by atoms with E-state index in [1.54, 1.807) is 0 Å². The highest BCUT2D eigenvalue weighted by Gasteiger charge is 2.20. The molecule has 0 spiro atoms. The van der Waals surface area contributed by atoms with Crippen LogP contribution in [0, 0.1) is 11.7 Å². The second kappa shape index (κ2) is 5.44. The normalized spacial score (nSPS) is 26.4. The van der Waals surface area contributed by atoms with Crippen LogP contribution in [0.5, 0.6) is 0 Å². The van der Waals surface area contributed by atoms with Gasteiger partial charge in [0.1, 0.15) is 5.82 Å². The van der Waals surface area contributed by atoms with E-state index in [0.29, 0.717) is 12.0 Å². The first kappa shape index (κ1) is 11.6. The van der Waals surface area contributed by atoms with Crippen molar-refractivity contribution in [2.75, 3.05) is 0 Å². The van der Waals surface area contributed by atoms with Crippen molar-refractivity contribution in [3.8, 4) is 0 Å². The van der Waals surface area contributed by atoms with E-state index in [2.05, 4.69) is 0 Å². The Morgan fingerprint density at radius 2 is 1.75 bits per heavy atom. The van der Waals surface area contributed by atoms with E-state index in [4.69, 9.17) is 5.73 Å². The van der Waals surface area contributed by atoms with Crippen molar-refractivity contribution < 1.29 is 4.39 Å². The van der Waals surface area contributed by atoms with Crippen LogP contribution < -0.4 is 5.73 Å². The fraction of sp³-hybridized carbons (Fsp3) is 0.571. The van der Waals surface area contributed by atoms with Gasteiger partial charge in [0.05, 0.1) is 0 Å². The summed E-state index contributed by atoms with van der Waals surface area (Å²) in [6.45, 7) is 0. The third kappa shape index (κ3) is 3.05. The SMILES string of the molecule is NC1CCCCCC1Cc1ccc(F)cc1. The van der Waals surface area contributed by atoms with Gasteiger partial charge in [0, 0.05) is 6.04 Å². The van der Waals surface area contributed by atoms with Gasteiger partial charge in [0.25, 0.3) is 0 Å². The summed E-state index contributed by atoms with van der Waals surface area (Å²) in [5, 5.41) is 0. The molecule has 88 valence electrons. The molecule has 0 radical (unpaired) electrons. The largest absolute Gasteiger partial charge is 0.327 e. The maximum atomic E-state index is 12.8. The van der Waals surface area contributed by atoms with Crippen LogP contribution in [0.2, 0.25) is 0 Å². The number of rotatable bonds is 2. The number of hydrogen-bond acceptors (Lipinski definition) is 1. The van der Waals surface area contributed by atoms with Gasteiger partial charge in [0.2, 0.25) is 0 Å². The van der Waals surface area contributed by atoms with E-state index in [1.165, 1.54) is 43.4 Å². The number of halogens is 1. The minimum absolute atomic E-state index is 0.158. The van der Waals surface area contributed by atoms with Crippen LogP contribution in [0.15, 0.2) is 24.3 Å². The molecule has 2 rings (SSSR count). The van der Waals surface area contributed by atoms with E-state index in [9.17, 15) is 4.39 Å². The molecule has 1 aromatic rings. The zero-order valence-electron chi connectivity index (χ0n) is 9.66. The third-order valence-corrected chi connectivity index (χ3v) is 3.63. The van der Waals surface area contributed by atoms with Crippen molar-refractivity contribution in [1.29, 1.82) is 0 Å². The smallest absolute Gasteiger partial charge is 0.123 e. The summed E-state index contributed by atoms with van der Waals surface area (Å²) in [5.41, 5.74) is 7.39. The van der Waals surface area contributed by atoms with Crippen molar-refractivity contribution in [3.05, 3.63) is 35.6 Å². The van der Waals surface area contributed by atoms with Gasteiger partial charge in [-0.05, 0) is 42.9 Å². The van der Waals surface area contributed by atoms with Gasteiger partial charge in [-0.25, -0.2) is 4.39 Å². The molecule has 1 aliphatic rings. The van der Waals surface area contributed by atoms with Gasteiger partial charge in [-0.15, -0.1) is 0 Å². The Morgan fingerprint density at radius 3 is 2.50 bits per heavy atom. The van der Waals surface area contributed by atoms with Gasteiger partial charge in [0.15, 0.2) is 0 Å². The van der Waals surface area contributed by atoms with Gasteiger partial charge in [-0.3, -0.25) is 0 Å². The average molecular weight is 221 g/mol. The van der Waals surface area contributed by atoms with E-state index < -0.39 is 0 Å². The van der Waals surface area contributed by atoms with E-state index in [-0.39, 0.29) is 5.82 Å². The monoisotopic (exact) mass is 221 g/mol. The zero-order chi connectivity index (χ0) is 11.4. The number of nitrogens with two attached hydrogens (primary N) is 1. The predicted octanol–water partition coefficient (Wildman–Crippen LogP) is 3.28. The molecule has 0 aromatic heterocycles. The quantitative estimate of drug-likeness (QED) is 0.762. The summed E-state index contributed by atoms with van der Waals surface area (Å²) in [4.78, 5) is 0. The van der Waals surface area contributed by atoms with Crippen molar-refractivity contribution in [1.82, 2.24) is 0 Å². The van der Waals surface area contributed by atoms with Crippen LogP contribution in [0.3, 0.4) is 0 Å². The Hall–Kier alpha value is -0.890. The highest BCUT2D eigenvalue weighted by atomic mass is 19.1. The lowest BCUT2D eigenvalue weighted by Gasteiger charge is -2.21. The van der Waals surface area contributed by atoms with Crippen LogP contribution in [0.1, 0.15) is 37.7 Å². The molecule has 0 saturated heterocycles. The molecule has 1 aromatic carbocycles. The summed E-state index contributed by atoms with van der Waals surface area (Å²) in [7, 11) is 0. The van der Waals surface area contributed by atoms with E-state index in [0.717, 1.165) is 12.8 Å². The minimum Gasteiger partial charge on any atom is -0.327 e. The van der Waals surface area contributed by atoms with E-state index in [1.807, 2.05) is 12.1 Å². The molecule has 0 aliphatic heterocycles. The maximum absolute atomic E-state index is 12.8.